The van der Waals surface area contributed by atoms with Crippen LogP contribution in [0.2, 0.25) is 0 Å². The molecule has 0 aliphatic carbocycles. The number of hydrogen-bond acceptors (Lipinski definition) is 4. The van der Waals surface area contributed by atoms with Gasteiger partial charge in [0, 0.05) is 23.9 Å². The number of hydrogen-bond donors (Lipinski definition) is 2. The quantitative estimate of drug-likeness (QED) is 0.865. The summed E-state index contributed by atoms with van der Waals surface area (Å²) in [5.41, 5.74) is 3.45. The van der Waals surface area contributed by atoms with Crippen molar-refractivity contribution in [2.75, 3.05) is 11.9 Å². The van der Waals surface area contributed by atoms with Crippen molar-refractivity contribution >= 4 is 11.6 Å². The van der Waals surface area contributed by atoms with Gasteiger partial charge in [0.25, 0.3) is 5.91 Å². The van der Waals surface area contributed by atoms with E-state index in [0.717, 1.165) is 17.8 Å². The van der Waals surface area contributed by atoms with Crippen LogP contribution >= 0.6 is 0 Å². The lowest BCUT2D eigenvalue weighted by Gasteiger charge is -2.09. The van der Waals surface area contributed by atoms with Crippen molar-refractivity contribution < 1.29 is 9.32 Å². The van der Waals surface area contributed by atoms with Crippen molar-refractivity contribution in [3.63, 3.8) is 0 Å². The molecule has 2 aromatic rings. The molecular weight excluding hydrogens is 242 g/mol. The highest BCUT2D eigenvalue weighted by Gasteiger charge is 2.08. The van der Waals surface area contributed by atoms with Crippen LogP contribution in [0.5, 0.6) is 0 Å². The van der Waals surface area contributed by atoms with Gasteiger partial charge in [-0.05, 0) is 37.6 Å². The molecule has 5 nitrogen and oxygen atoms in total. The molecule has 0 aliphatic heterocycles. The molecule has 0 bridgehead atoms. The second kappa shape index (κ2) is 6.04. The van der Waals surface area contributed by atoms with E-state index in [0.29, 0.717) is 17.8 Å². The number of benzene rings is 1. The van der Waals surface area contributed by atoms with E-state index >= 15 is 0 Å². The van der Waals surface area contributed by atoms with E-state index in [2.05, 4.69) is 15.8 Å². The Morgan fingerprint density at radius 2 is 2.21 bits per heavy atom. The van der Waals surface area contributed by atoms with Gasteiger partial charge >= 0.3 is 0 Å². The smallest absolute Gasteiger partial charge is 0.251 e. The third-order valence-corrected chi connectivity index (χ3v) is 2.78. The fourth-order valence-electron chi connectivity index (χ4n) is 1.80. The molecule has 2 N–H and O–H groups in total. The highest BCUT2D eigenvalue weighted by atomic mass is 16.5. The average molecular weight is 259 g/mol. The molecule has 0 aliphatic rings. The largest absolute Gasteiger partial charge is 0.385 e. The normalized spacial score (nSPS) is 10.2. The third kappa shape index (κ3) is 3.34. The van der Waals surface area contributed by atoms with Gasteiger partial charge in [-0.3, -0.25) is 4.79 Å². The van der Waals surface area contributed by atoms with Crippen LogP contribution in [0.1, 0.15) is 28.5 Å². The molecule has 0 saturated heterocycles. The number of aromatic nitrogens is 1. The predicted molar refractivity (Wildman–Crippen MR) is 73.0 cm³/mol. The van der Waals surface area contributed by atoms with Crippen LogP contribution < -0.4 is 10.6 Å². The Balaban J connectivity index is 2.01. The molecule has 0 radical (unpaired) electrons. The van der Waals surface area contributed by atoms with Gasteiger partial charge in [0.2, 0.25) is 0 Å². The summed E-state index contributed by atoms with van der Waals surface area (Å²) in [6.45, 7) is 5.24. The second-order valence-corrected chi connectivity index (χ2v) is 4.23. The van der Waals surface area contributed by atoms with Gasteiger partial charge in [0.05, 0.1) is 6.54 Å². The summed E-state index contributed by atoms with van der Waals surface area (Å²) >= 11 is 0. The zero-order valence-corrected chi connectivity index (χ0v) is 11.1. The van der Waals surface area contributed by atoms with E-state index in [4.69, 9.17) is 4.52 Å². The Kier molecular flexibility index (Phi) is 4.18. The molecular formula is C14H17N3O2. The molecule has 0 unspecified atom stereocenters. The molecule has 0 spiro atoms. The van der Waals surface area contributed by atoms with Crippen LogP contribution in [0, 0.1) is 6.92 Å². The molecule has 0 saturated carbocycles. The summed E-state index contributed by atoms with van der Waals surface area (Å²) < 4.78 is 4.70. The lowest BCUT2D eigenvalue weighted by molar-refractivity contribution is 0.0950. The minimum absolute atomic E-state index is 0.117. The average Bonchev–Trinajstić information content (AvgIpc) is 2.91. The summed E-state index contributed by atoms with van der Waals surface area (Å²) in [5, 5.41) is 9.78. The lowest BCUT2D eigenvalue weighted by Crippen LogP contribution is -2.23. The summed E-state index contributed by atoms with van der Waals surface area (Å²) in [4.78, 5) is 12.0. The second-order valence-electron chi connectivity index (χ2n) is 4.23. The van der Waals surface area contributed by atoms with E-state index in [9.17, 15) is 4.79 Å². The van der Waals surface area contributed by atoms with Gasteiger partial charge in [-0.2, -0.15) is 0 Å². The Bertz CT molecular complexity index is 550. The highest BCUT2D eigenvalue weighted by Crippen LogP contribution is 2.16. The number of aryl methyl sites for hydroxylation is 1. The summed E-state index contributed by atoms with van der Waals surface area (Å²) in [7, 11) is 0. The number of carbonyl (C=O) groups is 1. The maximum absolute atomic E-state index is 12.0. The van der Waals surface area contributed by atoms with Gasteiger partial charge in [-0.15, -0.1) is 0 Å². The van der Waals surface area contributed by atoms with E-state index in [1.54, 1.807) is 6.07 Å². The molecule has 1 aromatic heterocycles. The SMILES string of the molecule is CCNc1ccc(C(=O)NCc2ccon2)cc1C. The maximum atomic E-state index is 12.0. The van der Waals surface area contributed by atoms with Crippen molar-refractivity contribution in [1.29, 1.82) is 0 Å². The standard InChI is InChI=1S/C14H17N3O2/c1-3-15-13-5-4-11(8-10(13)2)14(18)16-9-12-6-7-19-17-12/h4-8,15H,3,9H2,1-2H3,(H,16,18). The zero-order valence-electron chi connectivity index (χ0n) is 11.1. The number of nitrogens with zero attached hydrogens (tertiary/aromatic N) is 1. The van der Waals surface area contributed by atoms with Crippen LogP contribution in [0.15, 0.2) is 35.1 Å². The number of amides is 1. The van der Waals surface area contributed by atoms with Crippen molar-refractivity contribution in [2.24, 2.45) is 0 Å². The van der Waals surface area contributed by atoms with Gasteiger partial charge < -0.3 is 15.2 Å². The first-order valence-electron chi connectivity index (χ1n) is 6.22. The predicted octanol–water partition coefficient (Wildman–Crippen LogP) is 2.34. The minimum Gasteiger partial charge on any atom is -0.385 e. The Morgan fingerprint density at radius 1 is 1.37 bits per heavy atom. The number of nitrogens with one attached hydrogen (secondary N) is 2. The van der Waals surface area contributed by atoms with Crippen LogP contribution in [0.4, 0.5) is 5.69 Å². The maximum Gasteiger partial charge on any atom is 0.251 e. The van der Waals surface area contributed by atoms with Crippen LogP contribution in [0.25, 0.3) is 0 Å². The number of rotatable bonds is 5. The summed E-state index contributed by atoms with van der Waals surface area (Å²) in [6, 6.07) is 7.32. The third-order valence-electron chi connectivity index (χ3n) is 2.78. The van der Waals surface area contributed by atoms with Crippen LogP contribution in [0.3, 0.4) is 0 Å². The van der Waals surface area contributed by atoms with Crippen molar-refractivity contribution in [3.05, 3.63) is 47.3 Å². The van der Waals surface area contributed by atoms with E-state index in [1.807, 2.05) is 32.0 Å². The van der Waals surface area contributed by atoms with Crippen molar-refractivity contribution in [1.82, 2.24) is 10.5 Å². The number of anilines is 1. The van der Waals surface area contributed by atoms with E-state index in [1.165, 1.54) is 6.26 Å². The Hall–Kier alpha value is -2.30. The van der Waals surface area contributed by atoms with Gasteiger partial charge in [0.1, 0.15) is 12.0 Å². The monoisotopic (exact) mass is 259 g/mol. The Morgan fingerprint density at radius 3 is 2.84 bits per heavy atom. The molecule has 19 heavy (non-hydrogen) atoms. The lowest BCUT2D eigenvalue weighted by atomic mass is 10.1. The van der Waals surface area contributed by atoms with Gasteiger partial charge in [0.15, 0.2) is 0 Å². The first-order valence-corrected chi connectivity index (χ1v) is 6.22. The molecule has 1 heterocycles. The molecule has 2 rings (SSSR count). The number of carbonyl (C=O) groups excluding carboxylic acids is 1. The molecule has 1 aromatic carbocycles. The van der Waals surface area contributed by atoms with Gasteiger partial charge in [-0.25, -0.2) is 0 Å². The highest BCUT2D eigenvalue weighted by molar-refractivity contribution is 5.94. The fraction of sp³-hybridized carbons (Fsp3) is 0.286. The topological polar surface area (TPSA) is 67.2 Å². The van der Waals surface area contributed by atoms with Crippen molar-refractivity contribution in [2.45, 2.75) is 20.4 Å². The zero-order chi connectivity index (χ0) is 13.7. The van der Waals surface area contributed by atoms with Crippen molar-refractivity contribution in [3.8, 4) is 0 Å². The molecule has 5 heteroatoms. The van der Waals surface area contributed by atoms with Crippen LogP contribution in [-0.4, -0.2) is 17.6 Å². The molecule has 1 amide bonds. The molecule has 0 fully saturated rings. The van der Waals surface area contributed by atoms with E-state index in [-0.39, 0.29) is 5.91 Å². The summed E-state index contributed by atoms with van der Waals surface area (Å²) in [5.74, 6) is -0.117. The minimum atomic E-state index is -0.117. The molecule has 100 valence electrons. The summed E-state index contributed by atoms with van der Waals surface area (Å²) in [6.07, 6.45) is 1.48. The first kappa shape index (κ1) is 13.1. The fourth-order valence-corrected chi connectivity index (χ4v) is 1.80. The molecule has 0 atom stereocenters. The van der Waals surface area contributed by atoms with Gasteiger partial charge in [-0.1, -0.05) is 5.16 Å². The Labute approximate surface area is 112 Å². The first-order chi connectivity index (χ1) is 9.20. The van der Waals surface area contributed by atoms with Crippen LogP contribution in [-0.2, 0) is 6.54 Å². The van der Waals surface area contributed by atoms with E-state index < -0.39 is 0 Å².